The highest BCUT2D eigenvalue weighted by molar-refractivity contribution is 5.16. The van der Waals surface area contributed by atoms with Crippen LogP contribution in [0.2, 0.25) is 0 Å². The Labute approximate surface area is 72.5 Å². The lowest BCUT2D eigenvalue weighted by Gasteiger charge is -2.10. The summed E-state index contributed by atoms with van der Waals surface area (Å²) in [6.07, 6.45) is 1.12. The van der Waals surface area contributed by atoms with E-state index in [1.807, 2.05) is 30.3 Å². The van der Waals surface area contributed by atoms with Crippen molar-refractivity contribution in [3.05, 3.63) is 48.6 Å². The average Bonchev–Trinajstić information content (AvgIpc) is 2.15. The van der Waals surface area contributed by atoms with E-state index in [0.29, 0.717) is 6.54 Å². The molecule has 64 valence electrons. The van der Waals surface area contributed by atoms with E-state index in [1.54, 1.807) is 6.08 Å². The van der Waals surface area contributed by atoms with Gasteiger partial charge in [0.25, 0.3) is 0 Å². The maximum absolute atomic E-state index is 9.49. The second kappa shape index (κ2) is 4.70. The van der Waals surface area contributed by atoms with Crippen molar-refractivity contribution in [1.82, 2.24) is 5.32 Å². The topological polar surface area (TPSA) is 32.3 Å². The first-order chi connectivity index (χ1) is 5.84. The quantitative estimate of drug-likeness (QED) is 0.520. The molecule has 0 spiro atoms. The number of hydrogen-bond donors (Lipinski definition) is 2. The number of aliphatic hydroxyl groups is 1. The molecule has 0 aliphatic heterocycles. The lowest BCUT2D eigenvalue weighted by atomic mass is 10.2. The SMILES string of the molecule is C=CCNC(O)c1ccccc1. The summed E-state index contributed by atoms with van der Waals surface area (Å²) in [5.41, 5.74) is 0.874. The number of benzene rings is 1. The van der Waals surface area contributed by atoms with E-state index >= 15 is 0 Å². The smallest absolute Gasteiger partial charge is 0.131 e. The second-order valence-corrected chi connectivity index (χ2v) is 2.51. The van der Waals surface area contributed by atoms with Gasteiger partial charge < -0.3 is 5.11 Å². The van der Waals surface area contributed by atoms with E-state index in [9.17, 15) is 5.11 Å². The Morgan fingerprint density at radius 1 is 1.42 bits per heavy atom. The first-order valence-electron chi connectivity index (χ1n) is 3.92. The fourth-order valence-electron chi connectivity index (χ4n) is 0.948. The van der Waals surface area contributed by atoms with Crippen LogP contribution in [0, 0.1) is 0 Å². The molecule has 1 unspecified atom stereocenters. The lowest BCUT2D eigenvalue weighted by molar-refractivity contribution is 0.144. The Bertz CT molecular complexity index is 233. The Hall–Kier alpha value is -1.12. The number of nitrogens with one attached hydrogen (secondary N) is 1. The van der Waals surface area contributed by atoms with Gasteiger partial charge in [-0.15, -0.1) is 6.58 Å². The Morgan fingerprint density at radius 2 is 2.08 bits per heavy atom. The van der Waals surface area contributed by atoms with Crippen LogP contribution in [0.25, 0.3) is 0 Å². The van der Waals surface area contributed by atoms with Gasteiger partial charge in [-0.3, -0.25) is 5.32 Å². The molecule has 2 nitrogen and oxygen atoms in total. The number of hydrogen-bond acceptors (Lipinski definition) is 2. The van der Waals surface area contributed by atoms with E-state index in [2.05, 4.69) is 11.9 Å². The third-order valence-electron chi connectivity index (χ3n) is 1.57. The molecule has 0 aliphatic carbocycles. The fraction of sp³-hybridized carbons (Fsp3) is 0.200. The molecule has 1 rings (SSSR count). The number of aliphatic hydroxyl groups excluding tert-OH is 1. The van der Waals surface area contributed by atoms with Crippen molar-refractivity contribution in [1.29, 1.82) is 0 Å². The Kier molecular flexibility index (Phi) is 3.51. The van der Waals surface area contributed by atoms with Crippen molar-refractivity contribution in [2.45, 2.75) is 6.23 Å². The van der Waals surface area contributed by atoms with Crippen LogP contribution in [0.1, 0.15) is 11.8 Å². The van der Waals surface area contributed by atoms with Crippen LogP contribution in [-0.2, 0) is 0 Å². The third-order valence-corrected chi connectivity index (χ3v) is 1.57. The van der Waals surface area contributed by atoms with Gasteiger partial charge in [0.1, 0.15) is 6.23 Å². The van der Waals surface area contributed by atoms with Gasteiger partial charge in [0.2, 0.25) is 0 Å². The summed E-state index contributed by atoms with van der Waals surface area (Å²) in [6.45, 7) is 4.16. The minimum absolute atomic E-state index is 0.593. The minimum atomic E-state index is -0.593. The summed E-state index contributed by atoms with van der Waals surface area (Å²) >= 11 is 0. The molecule has 0 radical (unpaired) electrons. The van der Waals surface area contributed by atoms with Gasteiger partial charge in [0, 0.05) is 6.54 Å². The summed E-state index contributed by atoms with van der Waals surface area (Å²) in [6, 6.07) is 9.47. The first kappa shape index (κ1) is 8.97. The molecule has 0 bridgehead atoms. The molecule has 12 heavy (non-hydrogen) atoms. The molecule has 2 heteroatoms. The standard InChI is InChI=1S/C10H13NO/c1-2-8-11-10(12)9-6-4-3-5-7-9/h2-7,10-12H,1,8H2. The van der Waals surface area contributed by atoms with Crippen molar-refractivity contribution in [3.8, 4) is 0 Å². The molecule has 0 saturated heterocycles. The van der Waals surface area contributed by atoms with Gasteiger partial charge in [-0.2, -0.15) is 0 Å². The van der Waals surface area contributed by atoms with Crippen molar-refractivity contribution in [3.63, 3.8) is 0 Å². The zero-order chi connectivity index (χ0) is 8.81. The zero-order valence-corrected chi connectivity index (χ0v) is 6.90. The van der Waals surface area contributed by atoms with E-state index in [4.69, 9.17) is 0 Å². The van der Waals surface area contributed by atoms with Crippen LogP contribution in [0.4, 0.5) is 0 Å². The van der Waals surface area contributed by atoms with Gasteiger partial charge in [0.05, 0.1) is 0 Å². The van der Waals surface area contributed by atoms with E-state index in [-0.39, 0.29) is 0 Å². The monoisotopic (exact) mass is 163 g/mol. The maximum atomic E-state index is 9.49. The molecular weight excluding hydrogens is 150 g/mol. The van der Waals surface area contributed by atoms with E-state index in [1.165, 1.54) is 0 Å². The highest BCUT2D eigenvalue weighted by Crippen LogP contribution is 2.07. The van der Waals surface area contributed by atoms with Crippen LogP contribution in [-0.4, -0.2) is 11.7 Å². The van der Waals surface area contributed by atoms with Crippen molar-refractivity contribution < 1.29 is 5.11 Å². The Morgan fingerprint density at radius 3 is 2.67 bits per heavy atom. The highest BCUT2D eigenvalue weighted by atomic mass is 16.3. The summed E-state index contributed by atoms with van der Waals surface area (Å²) in [7, 11) is 0. The molecule has 0 heterocycles. The van der Waals surface area contributed by atoms with Crippen LogP contribution >= 0.6 is 0 Å². The molecule has 0 amide bonds. The summed E-state index contributed by atoms with van der Waals surface area (Å²) in [4.78, 5) is 0. The van der Waals surface area contributed by atoms with Gasteiger partial charge >= 0.3 is 0 Å². The van der Waals surface area contributed by atoms with E-state index in [0.717, 1.165) is 5.56 Å². The highest BCUT2D eigenvalue weighted by Gasteiger charge is 2.02. The van der Waals surface area contributed by atoms with Gasteiger partial charge in [-0.05, 0) is 5.56 Å². The molecule has 0 fully saturated rings. The first-order valence-corrected chi connectivity index (χ1v) is 3.92. The molecule has 0 saturated carbocycles. The van der Waals surface area contributed by atoms with Crippen molar-refractivity contribution >= 4 is 0 Å². The Balaban J connectivity index is 2.53. The van der Waals surface area contributed by atoms with Gasteiger partial charge in [-0.25, -0.2) is 0 Å². The van der Waals surface area contributed by atoms with Crippen LogP contribution in [0.15, 0.2) is 43.0 Å². The zero-order valence-electron chi connectivity index (χ0n) is 6.90. The largest absolute Gasteiger partial charge is 0.374 e. The molecule has 1 atom stereocenters. The summed E-state index contributed by atoms with van der Waals surface area (Å²) < 4.78 is 0. The van der Waals surface area contributed by atoms with Gasteiger partial charge in [0.15, 0.2) is 0 Å². The van der Waals surface area contributed by atoms with Crippen LogP contribution in [0.3, 0.4) is 0 Å². The third kappa shape index (κ3) is 2.49. The van der Waals surface area contributed by atoms with Crippen molar-refractivity contribution in [2.24, 2.45) is 0 Å². The van der Waals surface area contributed by atoms with Crippen LogP contribution in [0.5, 0.6) is 0 Å². The average molecular weight is 163 g/mol. The molecule has 2 N–H and O–H groups in total. The van der Waals surface area contributed by atoms with Crippen LogP contribution < -0.4 is 5.32 Å². The normalized spacial score (nSPS) is 12.4. The predicted molar refractivity (Wildman–Crippen MR) is 49.6 cm³/mol. The molecule has 0 aromatic heterocycles. The maximum Gasteiger partial charge on any atom is 0.131 e. The lowest BCUT2D eigenvalue weighted by Crippen LogP contribution is -2.20. The summed E-state index contributed by atoms with van der Waals surface area (Å²) in [5.74, 6) is 0. The molecule has 0 aliphatic rings. The van der Waals surface area contributed by atoms with E-state index < -0.39 is 6.23 Å². The molecule has 1 aromatic carbocycles. The predicted octanol–water partition coefficient (Wildman–Crippen LogP) is 1.45. The van der Waals surface area contributed by atoms with Gasteiger partial charge in [-0.1, -0.05) is 36.4 Å². The second-order valence-electron chi connectivity index (χ2n) is 2.51. The fourth-order valence-corrected chi connectivity index (χ4v) is 0.948. The van der Waals surface area contributed by atoms with Crippen molar-refractivity contribution in [2.75, 3.05) is 6.54 Å². The minimum Gasteiger partial charge on any atom is -0.374 e. The molecular formula is C10H13NO. The molecule has 1 aromatic rings. The number of rotatable bonds is 4. The summed E-state index contributed by atoms with van der Waals surface area (Å²) in [5, 5.41) is 12.4.